The van der Waals surface area contributed by atoms with Crippen molar-refractivity contribution in [3.8, 4) is 11.5 Å². The fraction of sp³-hybridized carbons (Fsp3) is 0. The molecule has 0 saturated heterocycles. The predicted octanol–water partition coefficient (Wildman–Crippen LogP) is 0.537. The van der Waals surface area contributed by atoms with E-state index in [1.807, 2.05) is 0 Å². The minimum absolute atomic E-state index is 0. The van der Waals surface area contributed by atoms with Crippen LogP contribution >= 0.6 is 0 Å². The fourth-order valence-corrected chi connectivity index (χ4v) is 1.46. The van der Waals surface area contributed by atoms with Crippen LogP contribution in [0.3, 0.4) is 0 Å². The molecule has 0 aliphatic rings. The van der Waals surface area contributed by atoms with Gasteiger partial charge in [0.1, 0.15) is 11.5 Å². The zero-order valence-electron chi connectivity index (χ0n) is 9.82. The van der Waals surface area contributed by atoms with E-state index < -0.39 is 12.4 Å². The molecule has 0 N–H and O–H groups in total. The molecular formula is C12H9BF3KO. The first kappa shape index (κ1) is 15.8. The topological polar surface area (TPSA) is 9.23 Å². The van der Waals surface area contributed by atoms with Crippen LogP contribution in [0.1, 0.15) is 0 Å². The molecule has 1 nitrogen and oxygen atoms in total. The predicted molar refractivity (Wildman–Crippen MR) is 61.7 cm³/mol. The van der Waals surface area contributed by atoms with Crippen molar-refractivity contribution in [3.63, 3.8) is 0 Å². The molecule has 2 aromatic rings. The Hall–Kier alpha value is -0.269. The van der Waals surface area contributed by atoms with E-state index in [2.05, 4.69) is 0 Å². The molecule has 0 aliphatic heterocycles. The molecule has 0 aromatic heterocycles. The first-order chi connectivity index (χ1) is 8.07. The van der Waals surface area contributed by atoms with E-state index in [4.69, 9.17) is 4.74 Å². The van der Waals surface area contributed by atoms with Crippen LogP contribution in [-0.4, -0.2) is 6.98 Å². The van der Waals surface area contributed by atoms with E-state index in [0.29, 0.717) is 5.75 Å². The van der Waals surface area contributed by atoms with Crippen LogP contribution < -0.4 is 61.6 Å². The molecule has 0 saturated carbocycles. The molecular weight excluding hydrogens is 267 g/mol. The van der Waals surface area contributed by atoms with E-state index in [1.54, 1.807) is 30.3 Å². The van der Waals surface area contributed by atoms with Crippen LogP contribution in [0.25, 0.3) is 0 Å². The molecule has 0 amide bonds. The van der Waals surface area contributed by atoms with Crippen molar-refractivity contribution < 1.29 is 69.1 Å². The third-order valence-electron chi connectivity index (χ3n) is 2.24. The SMILES string of the molecule is F[B-](F)(F)c1ccccc1Oc1ccccc1.[K+]. The van der Waals surface area contributed by atoms with Crippen LogP contribution in [0, 0.1) is 0 Å². The molecule has 0 bridgehead atoms. The largest absolute Gasteiger partial charge is 1.00 e. The van der Waals surface area contributed by atoms with Crippen molar-refractivity contribution in [2.24, 2.45) is 0 Å². The third kappa shape index (κ3) is 4.14. The summed E-state index contributed by atoms with van der Waals surface area (Å²) in [7, 11) is 0. The van der Waals surface area contributed by atoms with Gasteiger partial charge < -0.3 is 17.7 Å². The van der Waals surface area contributed by atoms with Gasteiger partial charge in [0.15, 0.2) is 0 Å². The summed E-state index contributed by atoms with van der Waals surface area (Å²) in [6.45, 7) is -5.06. The summed E-state index contributed by atoms with van der Waals surface area (Å²) in [6.07, 6.45) is 0. The standard InChI is InChI=1S/C12H9BF3O.K/c14-13(15,16)11-8-4-5-9-12(11)17-10-6-2-1-3-7-10;/h1-9H;/q-1;+1. The number of rotatable bonds is 3. The zero-order chi connectivity index (χ0) is 12.3. The van der Waals surface area contributed by atoms with Crippen LogP contribution in [0.4, 0.5) is 12.9 Å². The van der Waals surface area contributed by atoms with Crippen molar-refractivity contribution in [1.82, 2.24) is 0 Å². The van der Waals surface area contributed by atoms with E-state index in [9.17, 15) is 12.9 Å². The second-order valence-electron chi connectivity index (χ2n) is 3.53. The average molecular weight is 276 g/mol. The molecule has 0 aliphatic carbocycles. The number of ether oxygens (including phenoxy) is 1. The molecule has 0 heterocycles. The van der Waals surface area contributed by atoms with Crippen LogP contribution in [0.15, 0.2) is 54.6 Å². The molecule has 0 spiro atoms. The Balaban J connectivity index is 0.00000162. The Morgan fingerprint density at radius 3 is 1.94 bits per heavy atom. The van der Waals surface area contributed by atoms with Gasteiger partial charge in [0, 0.05) is 0 Å². The van der Waals surface area contributed by atoms with Crippen LogP contribution in [-0.2, 0) is 0 Å². The maximum absolute atomic E-state index is 12.7. The summed E-state index contributed by atoms with van der Waals surface area (Å²) >= 11 is 0. The second kappa shape index (κ2) is 6.77. The van der Waals surface area contributed by atoms with Gasteiger partial charge >= 0.3 is 58.4 Å². The molecule has 0 unspecified atom stereocenters. The smallest absolute Gasteiger partial charge is 0.460 e. The van der Waals surface area contributed by atoms with E-state index in [1.165, 1.54) is 18.2 Å². The Morgan fingerprint density at radius 2 is 1.33 bits per heavy atom. The Morgan fingerprint density at radius 1 is 0.778 bits per heavy atom. The monoisotopic (exact) mass is 276 g/mol. The van der Waals surface area contributed by atoms with Gasteiger partial charge in [-0.1, -0.05) is 41.9 Å². The van der Waals surface area contributed by atoms with Gasteiger partial charge in [0.05, 0.1) is 0 Å². The first-order valence-electron chi connectivity index (χ1n) is 5.09. The third-order valence-corrected chi connectivity index (χ3v) is 2.24. The molecule has 0 fully saturated rings. The molecule has 2 aromatic carbocycles. The number of para-hydroxylation sites is 2. The molecule has 6 heteroatoms. The summed E-state index contributed by atoms with van der Waals surface area (Å²) in [5.41, 5.74) is -0.712. The maximum atomic E-state index is 12.7. The average Bonchev–Trinajstić information content (AvgIpc) is 2.30. The number of hydrogen-bond acceptors (Lipinski definition) is 1. The Kier molecular flexibility index (Phi) is 5.94. The quantitative estimate of drug-likeness (QED) is 0.743. The summed E-state index contributed by atoms with van der Waals surface area (Å²) in [4.78, 5) is 0. The Bertz CT molecular complexity index is 502. The van der Waals surface area contributed by atoms with Gasteiger partial charge in [0.25, 0.3) is 0 Å². The summed E-state index contributed by atoms with van der Waals surface area (Å²) in [5, 5.41) is 0. The van der Waals surface area contributed by atoms with Crippen molar-refractivity contribution in [3.05, 3.63) is 54.6 Å². The van der Waals surface area contributed by atoms with Crippen LogP contribution in [0.5, 0.6) is 11.5 Å². The molecule has 2 rings (SSSR count). The van der Waals surface area contributed by atoms with E-state index >= 15 is 0 Å². The summed E-state index contributed by atoms with van der Waals surface area (Å²) in [5.74, 6) is 0.228. The minimum Gasteiger partial charge on any atom is -0.460 e. The molecule has 18 heavy (non-hydrogen) atoms. The van der Waals surface area contributed by atoms with Crippen molar-refractivity contribution in [2.45, 2.75) is 0 Å². The van der Waals surface area contributed by atoms with Gasteiger partial charge in [0.2, 0.25) is 0 Å². The number of benzene rings is 2. The van der Waals surface area contributed by atoms with Crippen molar-refractivity contribution in [1.29, 1.82) is 0 Å². The fourth-order valence-electron chi connectivity index (χ4n) is 1.46. The van der Waals surface area contributed by atoms with E-state index in [0.717, 1.165) is 6.07 Å². The van der Waals surface area contributed by atoms with Gasteiger partial charge in [-0.05, 0) is 18.2 Å². The van der Waals surface area contributed by atoms with E-state index in [-0.39, 0.29) is 57.1 Å². The maximum Gasteiger partial charge on any atom is 1.00 e. The van der Waals surface area contributed by atoms with Gasteiger partial charge in [-0.3, -0.25) is 0 Å². The zero-order valence-corrected chi connectivity index (χ0v) is 12.9. The number of halogens is 3. The second-order valence-corrected chi connectivity index (χ2v) is 3.53. The number of hydrogen-bond donors (Lipinski definition) is 0. The van der Waals surface area contributed by atoms with Crippen molar-refractivity contribution in [2.75, 3.05) is 0 Å². The normalized spacial score (nSPS) is 10.6. The minimum atomic E-state index is -5.06. The molecule has 88 valence electrons. The van der Waals surface area contributed by atoms with Crippen molar-refractivity contribution >= 4 is 12.4 Å². The van der Waals surface area contributed by atoms with Gasteiger partial charge in [-0.2, -0.15) is 0 Å². The molecule has 0 atom stereocenters. The Labute approximate surface area is 146 Å². The van der Waals surface area contributed by atoms with Crippen LogP contribution in [0.2, 0.25) is 0 Å². The summed E-state index contributed by atoms with van der Waals surface area (Å²) in [6, 6.07) is 13.6. The van der Waals surface area contributed by atoms with Gasteiger partial charge in [-0.25, -0.2) is 0 Å². The first-order valence-corrected chi connectivity index (χ1v) is 5.09. The van der Waals surface area contributed by atoms with Gasteiger partial charge in [-0.15, -0.1) is 0 Å². The summed E-state index contributed by atoms with van der Waals surface area (Å²) < 4.78 is 43.4. The molecule has 0 radical (unpaired) electrons.